The molecule has 0 atom stereocenters. The Hall–Kier alpha value is -5.87. The zero-order chi connectivity index (χ0) is 30.3. The smallest absolute Gasteiger partial charge is 0.146 e. The first-order valence-corrected chi connectivity index (χ1v) is 15.2. The molecule has 214 valence electrons. The van der Waals surface area contributed by atoms with E-state index in [9.17, 15) is 0 Å². The van der Waals surface area contributed by atoms with Crippen LogP contribution in [0.25, 0.3) is 72.8 Å². The maximum Gasteiger partial charge on any atom is 0.146 e. The summed E-state index contributed by atoms with van der Waals surface area (Å²) in [6.07, 6.45) is 0. The fraction of sp³-hybridized carbons (Fsp3) is 0.0488. The lowest BCUT2D eigenvalue weighted by atomic mass is 9.93. The first kappa shape index (κ1) is 26.7. The van der Waals surface area contributed by atoms with Gasteiger partial charge in [-0.2, -0.15) is 0 Å². The van der Waals surface area contributed by atoms with Crippen molar-refractivity contribution in [2.45, 2.75) is 13.8 Å². The predicted octanol–water partition coefficient (Wildman–Crippen LogP) is 10.3. The maximum atomic E-state index is 5.11. The summed E-state index contributed by atoms with van der Waals surface area (Å²) < 4.78 is 2.26. The summed E-state index contributed by atoms with van der Waals surface area (Å²) >= 11 is 0. The molecule has 0 N–H and O–H groups in total. The summed E-state index contributed by atoms with van der Waals surface area (Å²) in [5.41, 5.74) is 14.7. The van der Waals surface area contributed by atoms with Gasteiger partial charge in [0.15, 0.2) is 0 Å². The van der Waals surface area contributed by atoms with E-state index in [4.69, 9.17) is 15.0 Å². The minimum atomic E-state index is 0.884. The highest BCUT2D eigenvalue weighted by Gasteiger charge is 2.18. The standard InChI is InChI=1S/C41H30N4/c1-27-26-34(41-44-37-19-11-12-20-38(37)45(41)32-15-7-4-8-16-32)28(2)25-33(27)29-21-23-31(24-22-29)40-39(30-13-5-3-6-14-30)42-35-17-9-10-18-36(35)43-40/h3-26H,1-2H3. The summed E-state index contributed by atoms with van der Waals surface area (Å²) in [4.78, 5) is 15.2. The Kier molecular flexibility index (Phi) is 6.54. The molecule has 0 fully saturated rings. The highest BCUT2D eigenvalue weighted by Crippen LogP contribution is 2.36. The second kappa shape index (κ2) is 11.0. The monoisotopic (exact) mass is 578 g/mol. The van der Waals surface area contributed by atoms with Crippen LogP contribution < -0.4 is 0 Å². The molecule has 0 spiro atoms. The van der Waals surface area contributed by atoms with Gasteiger partial charge in [-0.1, -0.05) is 103 Å². The lowest BCUT2D eigenvalue weighted by molar-refractivity contribution is 1.10. The van der Waals surface area contributed by atoms with E-state index in [0.717, 1.165) is 67.2 Å². The van der Waals surface area contributed by atoms with Gasteiger partial charge < -0.3 is 0 Å². The highest BCUT2D eigenvalue weighted by molar-refractivity contribution is 5.88. The second-order valence-electron chi connectivity index (χ2n) is 11.4. The molecule has 0 aliphatic carbocycles. The third kappa shape index (κ3) is 4.77. The molecular weight excluding hydrogens is 548 g/mol. The summed E-state index contributed by atoms with van der Waals surface area (Å²) in [6.45, 7) is 4.36. The number of para-hydroxylation sites is 5. The first-order chi connectivity index (χ1) is 22.1. The van der Waals surface area contributed by atoms with Gasteiger partial charge in [0, 0.05) is 22.4 Å². The molecule has 6 aromatic carbocycles. The fourth-order valence-electron chi connectivity index (χ4n) is 6.22. The van der Waals surface area contributed by atoms with Crippen LogP contribution in [-0.4, -0.2) is 19.5 Å². The van der Waals surface area contributed by atoms with E-state index in [-0.39, 0.29) is 0 Å². The second-order valence-corrected chi connectivity index (χ2v) is 11.4. The molecule has 0 amide bonds. The maximum absolute atomic E-state index is 5.11. The van der Waals surface area contributed by atoms with Crippen LogP contribution in [-0.2, 0) is 0 Å². The SMILES string of the molecule is Cc1cc(-c2nc3ccccc3n2-c2ccccc2)c(C)cc1-c1ccc(-c2nc3ccccc3nc2-c2ccccc2)cc1. The van der Waals surface area contributed by atoms with Gasteiger partial charge in [0.2, 0.25) is 0 Å². The van der Waals surface area contributed by atoms with Crippen molar-refractivity contribution in [3.8, 4) is 50.7 Å². The molecule has 0 aliphatic heterocycles. The van der Waals surface area contributed by atoms with Gasteiger partial charge in [-0.3, -0.25) is 4.57 Å². The average molecular weight is 579 g/mol. The van der Waals surface area contributed by atoms with E-state index in [2.05, 4.69) is 109 Å². The largest absolute Gasteiger partial charge is 0.292 e. The summed E-state index contributed by atoms with van der Waals surface area (Å²) in [5, 5.41) is 0. The van der Waals surface area contributed by atoms with E-state index < -0.39 is 0 Å². The Balaban J connectivity index is 1.21. The number of fused-ring (bicyclic) bond motifs is 2. The van der Waals surface area contributed by atoms with Crippen molar-refractivity contribution in [2.24, 2.45) is 0 Å². The zero-order valence-electron chi connectivity index (χ0n) is 25.1. The first-order valence-electron chi connectivity index (χ1n) is 15.2. The predicted molar refractivity (Wildman–Crippen MR) is 185 cm³/mol. The van der Waals surface area contributed by atoms with Crippen molar-refractivity contribution < 1.29 is 0 Å². The third-order valence-corrected chi connectivity index (χ3v) is 8.47. The quantitative estimate of drug-likeness (QED) is 0.204. The molecule has 2 heterocycles. The molecule has 0 unspecified atom stereocenters. The number of hydrogen-bond donors (Lipinski definition) is 0. The Labute approximate surface area is 262 Å². The Morgan fingerprint density at radius 1 is 0.422 bits per heavy atom. The average Bonchev–Trinajstić information content (AvgIpc) is 3.49. The van der Waals surface area contributed by atoms with Gasteiger partial charge in [-0.25, -0.2) is 15.0 Å². The number of imidazole rings is 1. The van der Waals surface area contributed by atoms with Gasteiger partial charge in [0.1, 0.15) is 5.82 Å². The normalized spacial score (nSPS) is 11.3. The molecule has 4 heteroatoms. The zero-order valence-corrected chi connectivity index (χ0v) is 25.1. The minimum Gasteiger partial charge on any atom is -0.292 e. The van der Waals surface area contributed by atoms with Crippen LogP contribution in [0.2, 0.25) is 0 Å². The van der Waals surface area contributed by atoms with Crippen molar-refractivity contribution in [3.05, 3.63) is 157 Å². The van der Waals surface area contributed by atoms with E-state index in [1.807, 2.05) is 54.6 Å². The molecule has 0 bridgehead atoms. The number of aromatic nitrogens is 4. The summed E-state index contributed by atoms with van der Waals surface area (Å²) in [6, 6.07) is 50.5. The van der Waals surface area contributed by atoms with Gasteiger partial charge in [0.05, 0.1) is 33.5 Å². The van der Waals surface area contributed by atoms with Crippen LogP contribution >= 0.6 is 0 Å². The van der Waals surface area contributed by atoms with Crippen molar-refractivity contribution in [2.75, 3.05) is 0 Å². The van der Waals surface area contributed by atoms with Crippen LogP contribution in [0, 0.1) is 13.8 Å². The molecule has 0 saturated heterocycles. The molecule has 0 saturated carbocycles. The molecule has 4 nitrogen and oxygen atoms in total. The topological polar surface area (TPSA) is 43.6 Å². The number of rotatable bonds is 5. The molecular formula is C41H30N4. The molecule has 8 aromatic rings. The lowest BCUT2D eigenvalue weighted by Crippen LogP contribution is -1.99. The Morgan fingerprint density at radius 3 is 1.58 bits per heavy atom. The summed E-state index contributed by atoms with van der Waals surface area (Å²) in [7, 11) is 0. The van der Waals surface area contributed by atoms with Crippen molar-refractivity contribution >= 4 is 22.1 Å². The van der Waals surface area contributed by atoms with Gasteiger partial charge in [0.25, 0.3) is 0 Å². The number of hydrogen-bond acceptors (Lipinski definition) is 3. The summed E-state index contributed by atoms with van der Waals surface area (Å²) in [5.74, 6) is 0.952. The van der Waals surface area contributed by atoms with Gasteiger partial charge in [-0.05, 0) is 78.6 Å². The van der Waals surface area contributed by atoms with Gasteiger partial charge >= 0.3 is 0 Å². The van der Waals surface area contributed by atoms with Crippen molar-refractivity contribution in [1.29, 1.82) is 0 Å². The molecule has 0 radical (unpaired) electrons. The minimum absolute atomic E-state index is 0.884. The van der Waals surface area contributed by atoms with Crippen LogP contribution in [0.5, 0.6) is 0 Å². The number of benzene rings is 6. The fourth-order valence-corrected chi connectivity index (χ4v) is 6.22. The molecule has 0 aliphatic rings. The van der Waals surface area contributed by atoms with Crippen LogP contribution in [0.3, 0.4) is 0 Å². The van der Waals surface area contributed by atoms with Crippen molar-refractivity contribution in [3.63, 3.8) is 0 Å². The molecule has 45 heavy (non-hydrogen) atoms. The number of aryl methyl sites for hydroxylation is 2. The van der Waals surface area contributed by atoms with Crippen LogP contribution in [0.1, 0.15) is 11.1 Å². The molecule has 2 aromatic heterocycles. The molecule has 8 rings (SSSR count). The number of nitrogens with zero attached hydrogens (tertiary/aromatic N) is 4. The van der Waals surface area contributed by atoms with Crippen LogP contribution in [0.4, 0.5) is 0 Å². The van der Waals surface area contributed by atoms with E-state index in [0.29, 0.717) is 0 Å². The van der Waals surface area contributed by atoms with E-state index in [1.54, 1.807) is 0 Å². The van der Waals surface area contributed by atoms with E-state index >= 15 is 0 Å². The Morgan fingerprint density at radius 2 is 0.911 bits per heavy atom. The lowest BCUT2D eigenvalue weighted by Gasteiger charge is -2.15. The van der Waals surface area contributed by atoms with Gasteiger partial charge in [-0.15, -0.1) is 0 Å². The highest BCUT2D eigenvalue weighted by atomic mass is 15.1. The van der Waals surface area contributed by atoms with Crippen LogP contribution in [0.15, 0.2) is 146 Å². The van der Waals surface area contributed by atoms with Crippen molar-refractivity contribution in [1.82, 2.24) is 19.5 Å². The Bertz CT molecular complexity index is 2320. The third-order valence-electron chi connectivity index (χ3n) is 8.47. The van der Waals surface area contributed by atoms with E-state index in [1.165, 1.54) is 16.7 Å².